The van der Waals surface area contributed by atoms with Crippen LogP contribution >= 0.6 is 0 Å². The molecule has 0 aromatic heterocycles. The van der Waals surface area contributed by atoms with Crippen LogP contribution in [0.1, 0.15) is 32.3 Å². The summed E-state index contributed by atoms with van der Waals surface area (Å²) in [5.41, 5.74) is 2.30. The second-order valence-electron chi connectivity index (χ2n) is 5.31. The molecule has 2 rings (SSSR count). The minimum atomic E-state index is 0.184. The van der Waals surface area contributed by atoms with Crippen molar-refractivity contribution in [2.24, 2.45) is 5.92 Å². The third kappa shape index (κ3) is 3.10. The van der Waals surface area contributed by atoms with E-state index in [0.29, 0.717) is 12.5 Å². The van der Waals surface area contributed by atoms with E-state index in [1.165, 1.54) is 12.0 Å². The molecule has 1 aromatic rings. The van der Waals surface area contributed by atoms with Crippen LogP contribution in [0.4, 0.5) is 5.69 Å². The fourth-order valence-corrected chi connectivity index (χ4v) is 2.36. The van der Waals surface area contributed by atoms with Crippen molar-refractivity contribution in [3.8, 4) is 0 Å². The summed E-state index contributed by atoms with van der Waals surface area (Å²) in [7, 11) is 0. The van der Waals surface area contributed by atoms with E-state index < -0.39 is 0 Å². The number of fused-ring (bicyclic) bond motifs is 1. The van der Waals surface area contributed by atoms with Gasteiger partial charge in [0.25, 0.3) is 0 Å². The van der Waals surface area contributed by atoms with Crippen LogP contribution in [0.5, 0.6) is 0 Å². The minimum absolute atomic E-state index is 0.184. The van der Waals surface area contributed by atoms with Gasteiger partial charge in [0.05, 0.1) is 6.54 Å². The van der Waals surface area contributed by atoms with Crippen LogP contribution in [0.25, 0.3) is 0 Å². The zero-order valence-corrected chi connectivity index (χ0v) is 11.3. The first kappa shape index (κ1) is 13.1. The third-order valence-electron chi connectivity index (χ3n) is 3.34. The maximum atomic E-state index is 12.1. The largest absolute Gasteiger partial charge is 0.311 e. The van der Waals surface area contributed by atoms with Crippen LogP contribution in [0.2, 0.25) is 0 Å². The van der Waals surface area contributed by atoms with Gasteiger partial charge in [0.15, 0.2) is 0 Å². The summed E-state index contributed by atoms with van der Waals surface area (Å²) in [4.78, 5) is 14.1. The lowest BCUT2D eigenvalue weighted by molar-refractivity contribution is -0.117. The predicted octanol–water partition coefficient (Wildman–Crippen LogP) is 2.56. The summed E-state index contributed by atoms with van der Waals surface area (Å²) >= 11 is 0. The number of hydrogen-bond donors (Lipinski definition) is 1. The zero-order valence-electron chi connectivity index (χ0n) is 11.3. The van der Waals surface area contributed by atoms with Crippen LogP contribution in [0.3, 0.4) is 0 Å². The van der Waals surface area contributed by atoms with Crippen LogP contribution < -0.4 is 10.2 Å². The van der Waals surface area contributed by atoms with Gasteiger partial charge in [-0.15, -0.1) is 0 Å². The molecule has 0 saturated carbocycles. The lowest BCUT2D eigenvalue weighted by Crippen LogP contribution is -2.36. The molecule has 98 valence electrons. The molecular weight excluding hydrogens is 224 g/mol. The summed E-state index contributed by atoms with van der Waals surface area (Å²) in [6.45, 7) is 6.49. The van der Waals surface area contributed by atoms with Gasteiger partial charge in [-0.25, -0.2) is 0 Å². The molecule has 0 radical (unpaired) electrons. The van der Waals surface area contributed by atoms with Gasteiger partial charge < -0.3 is 10.2 Å². The van der Waals surface area contributed by atoms with Crippen molar-refractivity contribution >= 4 is 11.6 Å². The molecule has 1 N–H and O–H groups in total. The molecular formula is C15H22N2O. The highest BCUT2D eigenvalue weighted by Crippen LogP contribution is 2.23. The van der Waals surface area contributed by atoms with Crippen molar-refractivity contribution in [3.63, 3.8) is 0 Å². The molecule has 0 bridgehead atoms. The Bertz CT molecular complexity index is 415. The highest BCUT2D eigenvalue weighted by atomic mass is 16.2. The number of rotatable bonds is 4. The quantitative estimate of drug-likeness (QED) is 0.885. The van der Waals surface area contributed by atoms with Crippen LogP contribution in [0, 0.1) is 5.92 Å². The number of nitrogens with one attached hydrogen (secondary N) is 1. The van der Waals surface area contributed by atoms with E-state index in [4.69, 9.17) is 0 Å². The van der Waals surface area contributed by atoms with E-state index in [0.717, 1.165) is 25.2 Å². The molecule has 0 atom stereocenters. The molecule has 0 unspecified atom stereocenters. The zero-order chi connectivity index (χ0) is 13.0. The second-order valence-corrected chi connectivity index (χ2v) is 5.31. The fraction of sp³-hybridized carbons (Fsp3) is 0.533. The van der Waals surface area contributed by atoms with Crippen LogP contribution in [-0.4, -0.2) is 19.0 Å². The van der Waals surface area contributed by atoms with Gasteiger partial charge in [-0.1, -0.05) is 32.0 Å². The number of carbonyl (C=O) groups is 1. The standard InChI is InChI=1S/C15H22N2O/c1-12(2)6-5-9-17-14-8-4-3-7-13(14)10-16-11-15(17)18/h3-4,7-8,12,16H,5-6,9-11H2,1-2H3. The molecule has 3 heteroatoms. The highest BCUT2D eigenvalue weighted by Gasteiger charge is 2.20. The predicted molar refractivity (Wildman–Crippen MR) is 74.6 cm³/mol. The molecule has 1 heterocycles. The summed E-state index contributed by atoms with van der Waals surface area (Å²) in [6, 6.07) is 8.18. The summed E-state index contributed by atoms with van der Waals surface area (Å²) in [5, 5.41) is 3.19. The summed E-state index contributed by atoms with van der Waals surface area (Å²) in [5.74, 6) is 0.879. The fourth-order valence-electron chi connectivity index (χ4n) is 2.36. The Morgan fingerprint density at radius 1 is 1.28 bits per heavy atom. The molecule has 0 fully saturated rings. The average Bonchev–Trinajstić information content (AvgIpc) is 2.49. The lowest BCUT2D eigenvalue weighted by atomic mass is 10.1. The van der Waals surface area contributed by atoms with Crippen molar-refractivity contribution in [2.75, 3.05) is 18.0 Å². The Labute approximate surface area is 109 Å². The number of amides is 1. The van der Waals surface area contributed by atoms with E-state index in [9.17, 15) is 4.79 Å². The van der Waals surface area contributed by atoms with Crippen LogP contribution in [0.15, 0.2) is 24.3 Å². The SMILES string of the molecule is CC(C)CCCN1C(=O)CNCc2ccccc21. The maximum absolute atomic E-state index is 12.1. The van der Waals surface area contributed by atoms with Gasteiger partial charge in [-0.3, -0.25) is 4.79 Å². The van der Waals surface area contributed by atoms with E-state index >= 15 is 0 Å². The number of nitrogens with zero attached hydrogens (tertiary/aromatic N) is 1. The van der Waals surface area contributed by atoms with E-state index in [2.05, 4.69) is 31.3 Å². The van der Waals surface area contributed by atoms with Gasteiger partial charge in [0.2, 0.25) is 5.91 Å². The Morgan fingerprint density at radius 2 is 2.06 bits per heavy atom. The molecule has 1 aliphatic heterocycles. The first-order chi connectivity index (χ1) is 8.68. The number of para-hydroxylation sites is 1. The van der Waals surface area contributed by atoms with Gasteiger partial charge in [0.1, 0.15) is 0 Å². The number of anilines is 1. The maximum Gasteiger partial charge on any atom is 0.240 e. The molecule has 1 aliphatic rings. The number of hydrogen-bond acceptors (Lipinski definition) is 2. The van der Waals surface area contributed by atoms with Crippen molar-refractivity contribution in [1.29, 1.82) is 0 Å². The molecule has 18 heavy (non-hydrogen) atoms. The van der Waals surface area contributed by atoms with E-state index in [-0.39, 0.29) is 5.91 Å². The molecule has 3 nitrogen and oxygen atoms in total. The van der Waals surface area contributed by atoms with Crippen molar-refractivity contribution in [1.82, 2.24) is 5.32 Å². The lowest BCUT2D eigenvalue weighted by Gasteiger charge is -2.23. The Morgan fingerprint density at radius 3 is 2.83 bits per heavy atom. The minimum Gasteiger partial charge on any atom is -0.311 e. The highest BCUT2D eigenvalue weighted by molar-refractivity contribution is 5.96. The van der Waals surface area contributed by atoms with Gasteiger partial charge in [-0.05, 0) is 30.4 Å². The Balaban J connectivity index is 2.13. The number of carbonyl (C=O) groups excluding carboxylic acids is 1. The molecule has 0 aliphatic carbocycles. The topological polar surface area (TPSA) is 32.3 Å². The molecule has 1 aromatic carbocycles. The Hall–Kier alpha value is -1.35. The van der Waals surface area contributed by atoms with E-state index in [1.54, 1.807) is 0 Å². The van der Waals surface area contributed by atoms with Gasteiger partial charge in [0, 0.05) is 18.8 Å². The summed E-state index contributed by atoms with van der Waals surface area (Å²) < 4.78 is 0. The smallest absolute Gasteiger partial charge is 0.240 e. The van der Waals surface area contributed by atoms with Crippen molar-refractivity contribution < 1.29 is 4.79 Å². The molecule has 1 amide bonds. The summed E-state index contributed by atoms with van der Waals surface area (Å²) in [6.07, 6.45) is 2.23. The number of benzene rings is 1. The average molecular weight is 246 g/mol. The van der Waals surface area contributed by atoms with Gasteiger partial charge >= 0.3 is 0 Å². The Kier molecular flexibility index (Phi) is 4.37. The van der Waals surface area contributed by atoms with Gasteiger partial charge in [-0.2, -0.15) is 0 Å². The monoisotopic (exact) mass is 246 g/mol. The van der Waals surface area contributed by atoms with Crippen LogP contribution in [-0.2, 0) is 11.3 Å². The first-order valence-corrected chi connectivity index (χ1v) is 6.77. The normalized spacial score (nSPS) is 15.7. The molecule has 0 spiro atoms. The third-order valence-corrected chi connectivity index (χ3v) is 3.34. The first-order valence-electron chi connectivity index (χ1n) is 6.77. The molecule has 0 saturated heterocycles. The van der Waals surface area contributed by atoms with Crippen molar-refractivity contribution in [2.45, 2.75) is 33.2 Å². The second kappa shape index (κ2) is 6.01. The van der Waals surface area contributed by atoms with Crippen molar-refractivity contribution in [3.05, 3.63) is 29.8 Å². The van der Waals surface area contributed by atoms with E-state index in [1.807, 2.05) is 17.0 Å².